The monoisotopic (exact) mass is 368 g/mol. The van der Waals surface area contributed by atoms with Crippen LogP contribution in [0.15, 0.2) is 36.4 Å². The Hall–Kier alpha value is -1.76. The van der Waals surface area contributed by atoms with Gasteiger partial charge in [-0.1, -0.05) is 12.1 Å². The molecule has 0 fully saturated rings. The lowest BCUT2D eigenvalue weighted by atomic mass is 10.1. The number of nitrogens with two attached hydrogens (primary N) is 1. The first-order valence-electron chi connectivity index (χ1n) is 5.64. The van der Waals surface area contributed by atoms with E-state index >= 15 is 0 Å². The molecule has 2 aromatic carbocycles. The highest BCUT2D eigenvalue weighted by Crippen LogP contribution is 2.25. The summed E-state index contributed by atoms with van der Waals surface area (Å²) in [5.74, 6) is -0.429. The maximum Gasteiger partial charge on any atom is 0.259 e. The van der Waals surface area contributed by atoms with Gasteiger partial charge in [-0.15, -0.1) is 0 Å². The number of carbonyl (C=O) groups is 1. The molecule has 0 aliphatic carbocycles. The summed E-state index contributed by atoms with van der Waals surface area (Å²) < 4.78 is 0.873. The number of aryl methyl sites for hydroxylation is 1. The lowest BCUT2D eigenvalue weighted by Crippen LogP contribution is -2.14. The summed E-state index contributed by atoms with van der Waals surface area (Å²) in [6.45, 7) is 1.86. The van der Waals surface area contributed by atoms with E-state index in [0.29, 0.717) is 11.4 Å². The standard InChI is InChI=1S/C14H13IN2O2/c1-8-3-2-4-11(16)13(8)17-14(19)10-7-9(15)5-6-12(10)18/h2-7,18H,16H2,1H3,(H,17,19). The zero-order chi connectivity index (χ0) is 14.0. The van der Waals surface area contributed by atoms with Crippen molar-refractivity contribution in [1.29, 1.82) is 0 Å². The first-order valence-corrected chi connectivity index (χ1v) is 6.72. The van der Waals surface area contributed by atoms with E-state index in [1.807, 2.05) is 19.1 Å². The number of aromatic hydroxyl groups is 1. The van der Waals surface area contributed by atoms with Crippen molar-refractivity contribution in [2.24, 2.45) is 0 Å². The van der Waals surface area contributed by atoms with E-state index in [9.17, 15) is 9.90 Å². The second kappa shape index (κ2) is 5.48. The van der Waals surface area contributed by atoms with Crippen LogP contribution in [0.1, 0.15) is 15.9 Å². The normalized spacial score (nSPS) is 10.2. The predicted molar refractivity (Wildman–Crippen MR) is 84.4 cm³/mol. The zero-order valence-corrected chi connectivity index (χ0v) is 12.4. The smallest absolute Gasteiger partial charge is 0.259 e. The number of halogens is 1. The van der Waals surface area contributed by atoms with E-state index in [0.717, 1.165) is 9.13 Å². The summed E-state index contributed by atoms with van der Waals surface area (Å²) >= 11 is 2.08. The number of para-hydroxylation sites is 1. The van der Waals surface area contributed by atoms with Crippen molar-refractivity contribution in [3.8, 4) is 5.75 Å². The van der Waals surface area contributed by atoms with Crippen LogP contribution in [0.4, 0.5) is 11.4 Å². The van der Waals surface area contributed by atoms with Crippen LogP contribution in [0.3, 0.4) is 0 Å². The fourth-order valence-electron chi connectivity index (χ4n) is 1.73. The number of phenols is 1. The molecule has 0 atom stereocenters. The second-order valence-corrected chi connectivity index (χ2v) is 5.40. The molecule has 0 saturated heterocycles. The second-order valence-electron chi connectivity index (χ2n) is 4.15. The van der Waals surface area contributed by atoms with Gasteiger partial charge in [0, 0.05) is 3.57 Å². The quantitative estimate of drug-likeness (QED) is 0.563. The van der Waals surface area contributed by atoms with E-state index in [1.54, 1.807) is 18.2 Å². The Balaban J connectivity index is 2.34. The van der Waals surface area contributed by atoms with Crippen molar-refractivity contribution >= 4 is 39.9 Å². The molecule has 0 aliphatic heterocycles. The number of amides is 1. The third kappa shape index (κ3) is 2.98. The Kier molecular flexibility index (Phi) is 3.94. The van der Waals surface area contributed by atoms with Gasteiger partial charge in [-0.3, -0.25) is 4.79 Å². The number of anilines is 2. The number of nitrogens with one attached hydrogen (secondary N) is 1. The Morgan fingerprint density at radius 3 is 2.74 bits per heavy atom. The average molecular weight is 368 g/mol. The number of hydrogen-bond donors (Lipinski definition) is 3. The SMILES string of the molecule is Cc1cccc(N)c1NC(=O)c1cc(I)ccc1O. The summed E-state index contributed by atoms with van der Waals surface area (Å²) in [6.07, 6.45) is 0. The fourth-order valence-corrected chi connectivity index (χ4v) is 2.22. The topological polar surface area (TPSA) is 75.3 Å². The lowest BCUT2D eigenvalue weighted by molar-refractivity contribution is 0.102. The minimum absolute atomic E-state index is 0.0509. The van der Waals surface area contributed by atoms with Gasteiger partial charge in [-0.25, -0.2) is 0 Å². The molecule has 19 heavy (non-hydrogen) atoms. The van der Waals surface area contributed by atoms with Gasteiger partial charge in [-0.2, -0.15) is 0 Å². The molecule has 5 heteroatoms. The summed E-state index contributed by atoms with van der Waals surface area (Å²) in [4.78, 5) is 12.2. The highest BCUT2D eigenvalue weighted by Gasteiger charge is 2.14. The molecule has 4 nitrogen and oxygen atoms in total. The molecular formula is C14H13IN2O2. The van der Waals surface area contributed by atoms with E-state index in [-0.39, 0.29) is 17.2 Å². The zero-order valence-electron chi connectivity index (χ0n) is 10.3. The van der Waals surface area contributed by atoms with Gasteiger partial charge in [0.2, 0.25) is 0 Å². The molecule has 0 heterocycles. The van der Waals surface area contributed by atoms with Crippen LogP contribution in [-0.2, 0) is 0 Å². The fraction of sp³-hybridized carbons (Fsp3) is 0.0714. The Morgan fingerprint density at radius 2 is 2.05 bits per heavy atom. The molecule has 1 amide bonds. The van der Waals surface area contributed by atoms with Crippen LogP contribution in [-0.4, -0.2) is 11.0 Å². The van der Waals surface area contributed by atoms with Gasteiger partial charge in [0.15, 0.2) is 0 Å². The molecule has 0 radical (unpaired) electrons. The Morgan fingerprint density at radius 1 is 1.32 bits per heavy atom. The molecule has 0 aliphatic rings. The number of rotatable bonds is 2. The summed E-state index contributed by atoms with van der Waals surface area (Å²) in [5.41, 5.74) is 8.02. The van der Waals surface area contributed by atoms with Crippen molar-refractivity contribution in [3.63, 3.8) is 0 Å². The predicted octanol–water partition coefficient (Wildman–Crippen LogP) is 3.14. The van der Waals surface area contributed by atoms with Crippen molar-refractivity contribution in [3.05, 3.63) is 51.1 Å². The number of carbonyl (C=O) groups excluding carboxylic acids is 1. The molecule has 0 saturated carbocycles. The number of phenolic OH excluding ortho intramolecular Hbond substituents is 1. The van der Waals surface area contributed by atoms with Crippen LogP contribution in [0.25, 0.3) is 0 Å². The van der Waals surface area contributed by atoms with Crippen LogP contribution < -0.4 is 11.1 Å². The summed E-state index contributed by atoms with van der Waals surface area (Å²) in [5, 5.41) is 12.5. The summed E-state index contributed by atoms with van der Waals surface area (Å²) in [6, 6.07) is 10.3. The first kappa shape index (κ1) is 13.7. The van der Waals surface area contributed by atoms with Gasteiger partial charge in [0.05, 0.1) is 16.9 Å². The lowest BCUT2D eigenvalue weighted by Gasteiger charge is -2.12. The minimum Gasteiger partial charge on any atom is -0.507 e. The number of nitrogen functional groups attached to an aromatic ring is 1. The van der Waals surface area contributed by atoms with Crippen molar-refractivity contribution < 1.29 is 9.90 Å². The van der Waals surface area contributed by atoms with Crippen molar-refractivity contribution in [1.82, 2.24) is 0 Å². The molecule has 4 N–H and O–H groups in total. The third-order valence-electron chi connectivity index (χ3n) is 2.75. The maximum atomic E-state index is 12.2. The first-order chi connectivity index (χ1) is 8.99. The van der Waals surface area contributed by atoms with Gasteiger partial charge in [-0.05, 0) is 59.3 Å². The molecule has 98 valence electrons. The van der Waals surface area contributed by atoms with Crippen LogP contribution in [0.5, 0.6) is 5.75 Å². The Labute approximate surface area is 124 Å². The molecule has 0 aromatic heterocycles. The average Bonchev–Trinajstić information content (AvgIpc) is 2.37. The van der Waals surface area contributed by atoms with Crippen LogP contribution in [0.2, 0.25) is 0 Å². The summed E-state index contributed by atoms with van der Waals surface area (Å²) in [7, 11) is 0. The van der Waals surface area contributed by atoms with Crippen molar-refractivity contribution in [2.45, 2.75) is 6.92 Å². The third-order valence-corrected chi connectivity index (χ3v) is 3.42. The molecule has 2 rings (SSSR count). The number of benzene rings is 2. The van der Waals surface area contributed by atoms with Gasteiger partial charge < -0.3 is 16.2 Å². The number of hydrogen-bond acceptors (Lipinski definition) is 3. The van der Waals surface area contributed by atoms with E-state index in [4.69, 9.17) is 5.73 Å². The Bertz CT molecular complexity index is 621. The van der Waals surface area contributed by atoms with Gasteiger partial charge >= 0.3 is 0 Å². The van der Waals surface area contributed by atoms with Crippen LogP contribution in [0, 0.1) is 10.5 Å². The van der Waals surface area contributed by atoms with E-state index in [2.05, 4.69) is 27.9 Å². The maximum absolute atomic E-state index is 12.2. The van der Waals surface area contributed by atoms with Crippen LogP contribution >= 0.6 is 22.6 Å². The van der Waals surface area contributed by atoms with Gasteiger partial charge in [0.1, 0.15) is 5.75 Å². The van der Waals surface area contributed by atoms with Crippen molar-refractivity contribution in [2.75, 3.05) is 11.1 Å². The molecular weight excluding hydrogens is 355 g/mol. The largest absolute Gasteiger partial charge is 0.507 e. The molecule has 0 bridgehead atoms. The van der Waals surface area contributed by atoms with Gasteiger partial charge in [0.25, 0.3) is 5.91 Å². The highest BCUT2D eigenvalue weighted by atomic mass is 127. The molecule has 0 spiro atoms. The molecule has 2 aromatic rings. The minimum atomic E-state index is -0.378. The van der Waals surface area contributed by atoms with E-state index in [1.165, 1.54) is 6.07 Å². The highest BCUT2D eigenvalue weighted by molar-refractivity contribution is 14.1. The molecule has 0 unspecified atom stereocenters. The van der Waals surface area contributed by atoms with E-state index < -0.39 is 0 Å².